The third-order valence-electron chi connectivity index (χ3n) is 4.72. The van der Waals surface area contributed by atoms with Gasteiger partial charge in [-0.25, -0.2) is 4.98 Å². The fraction of sp³-hybridized carbons (Fsp3) is 0.125. The lowest BCUT2D eigenvalue weighted by Crippen LogP contribution is -2.24. The fourth-order valence-corrected chi connectivity index (χ4v) is 3.96. The summed E-state index contributed by atoms with van der Waals surface area (Å²) in [6.07, 6.45) is 0. The largest absolute Gasteiger partial charge is 0.497 e. The maximum absolute atomic E-state index is 13.2. The zero-order valence-electron chi connectivity index (χ0n) is 16.9. The number of para-hydroxylation sites is 2. The van der Waals surface area contributed by atoms with Crippen LogP contribution in [0.25, 0.3) is 10.9 Å². The summed E-state index contributed by atoms with van der Waals surface area (Å²) in [5.74, 6) is 0.733. The lowest BCUT2D eigenvalue weighted by Gasteiger charge is -2.13. The average molecular weight is 432 g/mol. The van der Waals surface area contributed by atoms with Gasteiger partial charge in [-0.1, -0.05) is 54.2 Å². The van der Waals surface area contributed by atoms with Gasteiger partial charge >= 0.3 is 0 Å². The number of carbonyl (C=O) groups is 1. The van der Waals surface area contributed by atoms with Gasteiger partial charge in [0.1, 0.15) is 5.75 Å². The first kappa shape index (κ1) is 20.7. The van der Waals surface area contributed by atoms with E-state index in [9.17, 15) is 9.59 Å². The monoisotopic (exact) mass is 431 g/mol. The molecule has 1 heterocycles. The quantitative estimate of drug-likeness (QED) is 0.351. The van der Waals surface area contributed by atoms with Gasteiger partial charge in [0.05, 0.1) is 30.3 Å². The Kier molecular flexibility index (Phi) is 6.33. The topological polar surface area (TPSA) is 73.2 Å². The van der Waals surface area contributed by atoms with Crippen LogP contribution >= 0.6 is 11.8 Å². The van der Waals surface area contributed by atoms with Gasteiger partial charge in [-0.05, 0) is 42.0 Å². The molecule has 7 heteroatoms. The first-order valence-corrected chi connectivity index (χ1v) is 10.7. The van der Waals surface area contributed by atoms with E-state index < -0.39 is 0 Å². The molecule has 1 amide bonds. The number of ether oxygens (including phenoxy) is 1. The van der Waals surface area contributed by atoms with Gasteiger partial charge in [-0.2, -0.15) is 0 Å². The maximum Gasteiger partial charge on any atom is 0.262 e. The van der Waals surface area contributed by atoms with Crippen molar-refractivity contribution in [2.24, 2.45) is 0 Å². The molecule has 1 N–H and O–H groups in total. The van der Waals surface area contributed by atoms with E-state index in [-0.39, 0.29) is 17.2 Å². The van der Waals surface area contributed by atoms with Crippen molar-refractivity contribution in [3.8, 4) is 5.75 Å². The Hall–Kier alpha value is -3.58. The minimum absolute atomic E-state index is 0.132. The van der Waals surface area contributed by atoms with Crippen LogP contribution in [0, 0.1) is 0 Å². The van der Waals surface area contributed by atoms with Crippen molar-refractivity contribution in [1.82, 2.24) is 9.55 Å². The number of hydrogen-bond donors (Lipinski definition) is 1. The van der Waals surface area contributed by atoms with E-state index in [1.165, 1.54) is 11.8 Å². The summed E-state index contributed by atoms with van der Waals surface area (Å²) in [6.45, 7) is 0.350. The zero-order chi connectivity index (χ0) is 21.6. The van der Waals surface area contributed by atoms with E-state index in [0.29, 0.717) is 22.6 Å². The number of hydrogen-bond acceptors (Lipinski definition) is 5. The Balaban J connectivity index is 1.61. The molecule has 156 valence electrons. The van der Waals surface area contributed by atoms with Crippen LogP contribution in [0.3, 0.4) is 0 Å². The molecule has 0 spiro atoms. The van der Waals surface area contributed by atoms with E-state index in [0.717, 1.165) is 17.0 Å². The smallest absolute Gasteiger partial charge is 0.262 e. The van der Waals surface area contributed by atoms with E-state index in [2.05, 4.69) is 10.3 Å². The number of nitrogens with one attached hydrogen (secondary N) is 1. The Bertz CT molecular complexity index is 1250. The highest BCUT2D eigenvalue weighted by molar-refractivity contribution is 7.99. The number of anilines is 1. The number of carbonyl (C=O) groups excluding carboxylic acids is 1. The number of nitrogens with zero attached hydrogens (tertiary/aromatic N) is 2. The second kappa shape index (κ2) is 9.49. The van der Waals surface area contributed by atoms with Gasteiger partial charge in [0.2, 0.25) is 5.91 Å². The minimum atomic E-state index is -0.158. The molecule has 0 unspecified atom stereocenters. The molecular weight excluding hydrogens is 410 g/mol. The Labute approximate surface area is 183 Å². The van der Waals surface area contributed by atoms with E-state index in [1.807, 2.05) is 72.8 Å². The van der Waals surface area contributed by atoms with Crippen molar-refractivity contribution >= 4 is 34.3 Å². The molecule has 0 fully saturated rings. The highest BCUT2D eigenvalue weighted by atomic mass is 32.2. The molecule has 0 aliphatic rings. The number of fused-ring (bicyclic) bond motifs is 1. The summed E-state index contributed by atoms with van der Waals surface area (Å²) in [4.78, 5) is 30.3. The second-order valence-electron chi connectivity index (χ2n) is 6.85. The van der Waals surface area contributed by atoms with Crippen LogP contribution in [-0.4, -0.2) is 28.3 Å². The van der Waals surface area contributed by atoms with E-state index >= 15 is 0 Å². The predicted octanol–water partition coefficient (Wildman–Crippen LogP) is 4.18. The fourth-order valence-electron chi connectivity index (χ4n) is 3.16. The lowest BCUT2D eigenvalue weighted by molar-refractivity contribution is -0.113. The van der Waals surface area contributed by atoms with Gasteiger partial charge in [0.25, 0.3) is 5.56 Å². The molecule has 4 rings (SSSR count). The summed E-state index contributed by atoms with van der Waals surface area (Å²) in [6, 6.07) is 24.1. The predicted molar refractivity (Wildman–Crippen MR) is 124 cm³/mol. The third-order valence-corrected chi connectivity index (χ3v) is 5.69. The molecule has 6 nitrogen and oxygen atoms in total. The Morgan fingerprint density at radius 1 is 1.00 bits per heavy atom. The maximum atomic E-state index is 13.2. The first-order chi connectivity index (χ1) is 15.1. The van der Waals surface area contributed by atoms with Gasteiger partial charge < -0.3 is 10.1 Å². The normalized spacial score (nSPS) is 10.7. The molecule has 0 aliphatic heterocycles. The van der Waals surface area contributed by atoms with Crippen LogP contribution in [0.15, 0.2) is 88.8 Å². The van der Waals surface area contributed by atoms with Gasteiger partial charge in [-0.3, -0.25) is 14.2 Å². The van der Waals surface area contributed by atoms with E-state index in [1.54, 1.807) is 17.7 Å². The van der Waals surface area contributed by atoms with Crippen molar-refractivity contribution in [2.45, 2.75) is 11.7 Å². The van der Waals surface area contributed by atoms with Crippen molar-refractivity contribution < 1.29 is 9.53 Å². The van der Waals surface area contributed by atoms with Crippen molar-refractivity contribution in [2.75, 3.05) is 18.2 Å². The number of methoxy groups -OCH3 is 1. The highest BCUT2D eigenvalue weighted by Gasteiger charge is 2.14. The molecule has 4 aromatic rings. The van der Waals surface area contributed by atoms with Crippen LogP contribution < -0.4 is 15.6 Å². The summed E-state index contributed by atoms with van der Waals surface area (Å²) in [5, 5.41) is 3.91. The molecule has 0 bridgehead atoms. The first-order valence-electron chi connectivity index (χ1n) is 9.74. The number of aromatic nitrogens is 2. The molecule has 31 heavy (non-hydrogen) atoms. The van der Waals surface area contributed by atoms with Crippen molar-refractivity contribution in [1.29, 1.82) is 0 Å². The molecule has 0 radical (unpaired) electrons. The van der Waals surface area contributed by atoms with Gasteiger partial charge in [0, 0.05) is 5.69 Å². The van der Waals surface area contributed by atoms with Gasteiger partial charge in [-0.15, -0.1) is 0 Å². The minimum Gasteiger partial charge on any atom is -0.497 e. The molecule has 3 aromatic carbocycles. The second-order valence-corrected chi connectivity index (χ2v) is 7.80. The van der Waals surface area contributed by atoms with Crippen molar-refractivity contribution in [3.63, 3.8) is 0 Å². The van der Waals surface area contributed by atoms with Crippen LogP contribution in [0.2, 0.25) is 0 Å². The van der Waals surface area contributed by atoms with Crippen LogP contribution in [0.5, 0.6) is 5.75 Å². The standard InChI is InChI=1S/C24H21N3O3S/c1-30-19-13-11-17(12-14-19)15-27-23(29)20-9-5-6-10-21(20)26-24(27)31-16-22(28)25-18-7-3-2-4-8-18/h2-14H,15-16H2,1H3,(H,25,28). The summed E-state index contributed by atoms with van der Waals surface area (Å²) < 4.78 is 6.82. The van der Waals surface area contributed by atoms with Crippen LogP contribution in [-0.2, 0) is 11.3 Å². The Morgan fingerprint density at radius 3 is 2.45 bits per heavy atom. The third kappa shape index (κ3) is 4.95. The zero-order valence-corrected chi connectivity index (χ0v) is 17.8. The average Bonchev–Trinajstić information content (AvgIpc) is 2.81. The molecule has 0 saturated carbocycles. The molecular formula is C24H21N3O3S. The number of amides is 1. The lowest BCUT2D eigenvalue weighted by atomic mass is 10.2. The molecule has 0 saturated heterocycles. The highest BCUT2D eigenvalue weighted by Crippen LogP contribution is 2.20. The Morgan fingerprint density at radius 2 is 1.71 bits per heavy atom. The molecule has 0 atom stereocenters. The molecule has 1 aromatic heterocycles. The van der Waals surface area contributed by atoms with Crippen LogP contribution in [0.4, 0.5) is 5.69 Å². The number of rotatable bonds is 7. The van der Waals surface area contributed by atoms with Gasteiger partial charge in [0.15, 0.2) is 5.16 Å². The SMILES string of the molecule is COc1ccc(Cn2c(SCC(=O)Nc3ccccc3)nc3ccccc3c2=O)cc1. The number of thioether (sulfide) groups is 1. The molecule has 0 aliphatic carbocycles. The summed E-state index contributed by atoms with van der Waals surface area (Å²) in [5.41, 5.74) is 2.16. The van der Waals surface area contributed by atoms with E-state index in [4.69, 9.17) is 4.74 Å². The van der Waals surface area contributed by atoms with Crippen molar-refractivity contribution in [3.05, 3.63) is 94.8 Å². The summed E-state index contributed by atoms with van der Waals surface area (Å²) >= 11 is 1.25. The van der Waals surface area contributed by atoms with Crippen LogP contribution in [0.1, 0.15) is 5.56 Å². The number of benzene rings is 3. The summed E-state index contributed by atoms with van der Waals surface area (Å²) in [7, 11) is 1.61.